The van der Waals surface area contributed by atoms with Gasteiger partial charge in [-0.05, 0) is 44.8 Å². The first-order chi connectivity index (χ1) is 16.0. The molecule has 0 aliphatic rings. The zero-order chi connectivity index (χ0) is 23.5. The van der Waals surface area contributed by atoms with Gasteiger partial charge in [0.25, 0.3) is 11.4 Å². The van der Waals surface area contributed by atoms with Crippen LogP contribution in [-0.4, -0.2) is 53.5 Å². The first kappa shape index (κ1) is 25.0. The Morgan fingerprint density at radius 1 is 1.12 bits per heavy atom. The molecule has 3 aromatic rings. The highest BCUT2D eigenvalue weighted by atomic mass is 32.2. The summed E-state index contributed by atoms with van der Waals surface area (Å²) in [5.41, 5.74) is 1.62. The molecule has 0 atom stereocenters. The molecular weight excluding hydrogens is 462 g/mol. The van der Waals surface area contributed by atoms with Gasteiger partial charge in [0.2, 0.25) is 0 Å². The third-order valence-electron chi connectivity index (χ3n) is 4.37. The molecule has 0 spiro atoms. The van der Waals surface area contributed by atoms with Crippen LogP contribution in [0.5, 0.6) is 0 Å². The van der Waals surface area contributed by atoms with E-state index in [1.165, 1.54) is 11.8 Å². The van der Waals surface area contributed by atoms with Gasteiger partial charge in [-0.3, -0.25) is 10.1 Å². The molecule has 0 aliphatic heterocycles. The van der Waals surface area contributed by atoms with Gasteiger partial charge in [0.1, 0.15) is 17.0 Å². The SMILES string of the molecule is CN(C)Cc1ccc(CSCCN/C(=C/[N+](=O)[O-])NCCCSc2nc3ccccc3o2)o1. The quantitative estimate of drug-likeness (QED) is 0.139. The lowest BCUT2D eigenvalue weighted by atomic mass is 10.3. The lowest BCUT2D eigenvalue weighted by Gasteiger charge is -2.11. The maximum atomic E-state index is 10.9. The standard InChI is InChI=1S/C22H29N5O4S2/c1-26(2)14-17-8-9-18(30-17)16-32-13-11-24-21(15-27(28)29)23-10-5-12-33-22-25-19-6-3-4-7-20(19)31-22/h3-4,6-9,15,23-24H,5,10-14,16H2,1-2H3/b21-15+. The topological polar surface area (TPSA) is 110 Å². The Labute approximate surface area is 201 Å². The van der Waals surface area contributed by atoms with Gasteiger partial charge in [0.05, 0.1) is 17.2 Å². The monoisotopic (exact) mass is 491 g/mol. The molecule has 1 aromatic carbocycles. The molecule has 9 nitrogen and oxygen atoms in total. The molecule has 0 radical (unpaired) electrons. The van der Waals surface area contributed by atoms with Gasteiger partial charge in [-0.15, -0.1) is 0 Å². The van der Waals surface area contributed by atoms with Crippen LogP contribution in [0.4, 0.5) is 0 Å². The summed E-state index contributed by atoms with van der Waals surface area (Å²) in [6.45, 7) is 1.99. The Bertz CT molecular complexity index is 1020. The minimum Gasteiger partial charge on any atom is -0.464 e. The Morgan fingerprint density at radius 3 is 2.70 bits per heavy atom. The van der Waals surface area contributed by atoms with Gasteiger partial charge in [-0.1, -0.05) is 23.9 Å². The van der Waals surface area contributed by atoms with Crippen molar-refractivity contribution in [1.29, 1.82) is 0 Å². The summed E-state index contributed by atoms with van der Waals surface area (Å²) >= 11 is 3.25. The van der Waals surface area contributed by atoms with Crippen molar-refractivity contribution in [1.82, 2.24) is 20.5 Å². The van der Waals surface area contributed by atoms with Crippen molar-refractivity contribution in [2.45, 2.75) is 23.9 Å². The third kappa shape index (κ3) is 9.03. The second-order valence-corrected chi connectivity index (χ2v) is 9.64. The van der Waals surface area contributed by atoms with Crippen molar-refractivity contribution in [3.63, 3.8) is 0 Å². The van der Waals surface area contributed by atoms with Crippen LogP contribution in [0, 0.1) is 10.1 Å². The molecule has 0 fully saturated rings. The molecule has 0 saturated carbocycles. The maximum Gasteiger partial charge on any atom is 0.274 e. The molecule has 2 N–H and O–H groups in total. The maximum absolute atomic E-state index is 10.9. The van der Waals surface area contributed by atoms with E-state index in [2.05, 4.69) is 20.5 Å². The number of nitrogens with zero attached hydrogens (tertiary/aromatic N) is 3. The van der Waals surface area contributed by atoms with Crippen molar-refractivity contribution in [3.8, 4) is 0 Å². The number of para-hydroxylation sites is 2. The zero-order valence-corrected chi connectivity index (χ0v) is 20.4. The van der Waals surface area contributed by atoms with Crippen LogP contribution in [0.1, 0.15) is 17.9 Å². The predicted molar refractivity (Wildman–Crippen MR) is 133 cm³/mol. The van der Waals surface area contributed by atoms with E-state index in [0.29, 0.717) is 24.1 Å². The van der Waals surface area contributed by atoms with E-state index in [1.54, 1.807) is 11.8 Å². The van der Waals surface area contributed by atoms with Crippen LogP contribution in [0.2, 0.25) is 0 Å². The van der Waals surface area contributed by atoms with E-state index in [9.17, 15) is 10.1 Å². The average molecular weight is 492 g/mol. The van der Waals surface area contributed by atoms with Crippen LogP contribution in [0.3, 0.4) is 0 Å². The van der Waals surface area contributed by atoms with Gasteiger partial charge < -0.3 is 24.4 Å². The molecule has 0 bridgehead atoms. The van der Waals surface area contributed by atoms with Gasteiger partial charge in [0.15, 0.2) is 11.4 Å². The predicted octanol–water partition coefficient (Wildman–Crippen LogP) is 4.15. The number of oxazole rings is 1. The Hall–Kier alpha value is -2.63. The van der Waals surface area contributed by atoms with Crippen LogP contribution in [0.25, 0.3) is 11.1 Å². The van der Waals surface area contributed by atoms with Crippen LogP contribution >= 0.6 is 23.5 Å². The molecule has 2 heterocycles. The first-order valence-electron chi connectivity index (χ1n) is 10.6. The zero-order valence-electron chi connectivity index (χ0n) is 18.8. The summed E-state index contributed by atoms with van der Waals surface area (Å²) < 4.78 is 11.5. The third-order valence-corrected chi connectivity index (χ3v) is 6.26. The van der Waals surface area contributed by atoms with Gasteiger partial charge in [0, 0.05) is 24.6 Å². The number of thioether (sulfide) groups is 2. The van der Waals surface area contributed by atoms with E-state index < -0.39 is 4.92 Å². The molecule has 0 aliphatic carbocycles. The fraction of sp³-hybridized carbons (Fsp3) is 0.409. The summed E-state index contributed by atoms with van der Waals surface area (Å²) in [4.78, 5) is 17.0. The average Bonchev–Trinajstić information content (AvgIpc) is 3.38. The van der Waals surface area contributed by atoms with E-state index in [1.807, 2.05) is 50.5 Å². The van der Waals surface area contributed by atoms with E-state index in [-0.39, 0.29) is 0 Å². The largest absolute Gasteiger partial charge is 0.464 e. The minimum atomic E-state index is -0.454. The molecule has 0 saturated heterocycles. The highest BCUT2D eigenvalue weighted by Gasteiger charge is 2.07. The highest BCUT2D eigenvalue weighted by molar-refractivity contribution is 7.99. The molecule has 11 heteroatoms. The summed E-state index contributed by atoms with van der Waals surface area (Å²) in [5.74, 6) is 4.66. The van der Waals surface area contributed by atoms with Crippen molar-refractivity contribution in [3.05, 3.63) is 70.1 Å². The summed E-state index contributed by atoms with van der Waals surface area (Å²) in [5, 5.41) is 17.8. The summed E-state index contributed by atoms with van der Waals surface area (Å²) in [6.07, 6.45) is 1.78. The number of fused-ring (bicyclic) bond motifs is 1. The molecule has 0 unspecified atom stereocenters. The minimum absolute atomic E-state index is 0.415. The fourth-order valence-corrected chi connectivity index (χ4v) is 4.48. The Kier molecular flexibility index (Phi) is 9.98. The van der Waals surface area contributed by atoms with E-state index in [4.69, 9.17) is 8.83 Å². The molecule has 3 rings (SSSR count). The number of hydrogen-bond acceptors (Lipinski definition) is 10. The molecule has 178 valence electrons. The smallest absolute Gasteiger partial charge is 0.274 e. The van der Waals surface area contributed by atoms with Gasteiger partial charge in [-0.2, -0.15) is 11.8 Å². The van der Waals surface area contributed by atoms with Crippen LogP contribution < -0.4 is 10.6 Å². The number of aromatic nitrogens is 1. The highest BCUT2D eigenvalue weighted by Crippen LogP contribution is 2.23. The Morgan fingerprint density at radius 2 is 1.91 bits per heavy atom. The van der Waals surface area contributed by atoms with E-state index >= 15 is 0 Å². The van der Waals surface area contributed by atoms with Crippen molar-refractivity contribution >= 4 is 34.6 Å². The van der Waals surface area contributed by atoms with Crippen molar-refractivity contribution < 1.29 is 13.8 Å². The van der Waals surface area contributed by atoms with E-state index in [0.717, 1.165) is 59.0 Å². The lowest BCUT2D eigenvalue weighted by Crippen LogP contribution is -2.29. The van der Waals surface area contributed by atoms with Gasteiger partial charge >= 0.3 is 0 Å². The number of benzene rings is 1. The molecule has 2 aromatic heterocycles. The molecule has 0 amide bonds. The summed E-state index contributed by atoms with van der Waals surface area (Å²) in [6, 6.07) is 11.6. The van der Waals surface area contributed by atoms with Gasteiger partial charge in [-0.25, -0.2) is 4.98 Å². The second kappa shape index (κ2) is 13.2. The number of rotatable bonds is 15. The van der Waals surface area contributed by atoms with Crippen LogP contribution in [-0.2, 0) is 12.3 Å². The summed E-state index contributed by atoms with van der Waals surface area (Å²) in [7, 11) is 4.01. The number of hydrogen-bond donors (Lipinski definition) is 2. The van der Waals surface area contributed by atoms with Crippen molar-refractivity contribution in [2.24, 2.45) is 0 Å². The number of nitrogens with one attached hydrogen (secondary N) is 2. The second-order valence-electron chi connectivity index (χ2n) is 7.49. The van der Waals surface area contributed by atoms with Crippen molar-refractivity contribution in [2.75, 3.05) is 38.7 Å². The first-order valence-corrected chi connectivity index (χ1v) is 12.7. The normalized spacial score (nSPS) is 11.9. The number of furan rings is 1. The molecule has 33 heavy (non-hydrogen) atoms. The fourth-order valence-electron chi connectivity index (χ4n) is 2.95. The van der Waals surface area contributed by atoms with Crippen LogP contribution in [0.15, 0.2) is 62.5 Å². The number of nitro groups is 1. The lowest BCUT2D eigenvalue weighted by molar-refractivity contribution is -0.404. The molecular formula is C22H29N5O4S2. The Balaban J connectivity index is 1.31.